The van der Waals surface area contributed by atoms with Gasteiger partial charge in [-0.1, -0.05) is 0 Å². The van der Waals surface area contributed by atoms with Crippen molar-refractivity contribution in [1.29, 1.82) is 0 Å². The van der Waals surface area contributed by atoms with E-state index in [1.165, 1.54) is 10.6 Å². The van der Waals surface area contributed by atoms with Crippen molar-refractivity contribution in [3.8, 4) is 0 Å². The van der Waals surface area contributed by atoms with E-state index in [2.05, 4.69) is 31.4 Å². The van der Waals surface area contributed by atoms with Gasteiger partial charge >= 0.3 is 6.18 Å². The first-order valence-electron chi connectivity index (χ1n) is 5.31. The molecule has 9 heteroatoms. The van der Waals surface area contributed by atoms with Crippen molar-refractivity contribution >= 4 is 27.4 Å². The molecule has 1 N–H and O–H groups in total. The number of pyridine rings is 1. The summed E-state index contributed by atoms with van der Waals surface area (Å²) in [6.07, 6.45) is -2.98. The first-order chi connectivity index (χ1) is 9.27. The molecule has 0 bridgehead atoms. The average Bonchev–Trinajstić information content (AvgIpc) is 2.35. The second-order valence-electron chi connectivity index (χ2n) is 3.91. The third-order valence-electron chi connectivity index (χ3n) is 2.37. The van der Waals surface area contributed by atoms with Crippen molar-refractivity contribution in [3.05, 3.63) is 44.9 Å². The van der Waals surface area contributed by atoms with Crippen LogP contribution in [0, 0.1) is 0 Å². The van der Waals surface area contributed by atoms with Crippen LogP contribution in [-0.2, 0) is 13.2 Å². The maximum Gasteiger partial charge on any atom is 0.435 e. The summed E-state index contributed by atoms with van der Waals surface area (Å²) in [5, 5.41) is 9.09. The topological polar surface area (TPSA) is 59.8 Å². The van der Waals surface area contributed by atoms with Crippen LogP contribution in [-0.4, -0.2) is 14.8 Å². The van der Waals surface area contributed by atoms with Crippen molar-refractivity contribution in [2.24, 2.45) is 7.05 Å². The van der Waals surface area contributed by atoms with Crippen molar-refractivity contribution in [2.45, 2.75) is 6.18 Å². The van der Waals surface area contributed by atoms with Gasteiger partial charge in [0, 0.05) is 17.7 Å². The summed E-state index contributed by atoms with van der Waals surface area (Å²) < 4.78 is 39.0. The van der Waals surface area contributed by atoms with Crippen LogP contribution in [0.2, 0.25) is 0 Å². The molecule has 0 saturated heterocycles. The van der Waals surface area contributed by atoms with E-state index in [1.54, 1.807) is 13.2 Å². The zero-order valence-corrected chi connectivity index (χ0v) is 11.7. The van der Waals surface area contributed by atoms with Crippen LogP contribution in [0.5, 0.6) is 0 Å². The number of halogens is 4. The summed E-state index contributed by atoms with van der Waals surface area (Å²) in [6, 6.07) is 3.40. The lowest BCUT2D eigenvalue weighted by atomic mass is 10.3. The van der Waals surface area contributed by atoms with Crippen molar-refractivity contribution < 1.29 is 13.2 Å². The van der Waals surface area contributed by atoms with E-state index in [9.17, 15) is 18.0 Å². The smallest absolute Gasteiger partial charge is 0.334 e. The predicted molar refractivity (Wildman–Crippen MR) is 69.7 cm³/mol. The highest BCUT2D eigenvalue weighted by molar-refractivity contribution is 9.10. The van der Waals surface area contributed by atoms with E-state index >= 15 is 0 Å². The molecule has 2 aromatic heterocycles. The Hall–Kier alpha value is -1.90. The number of hydrogen-bond donors (Lipinski definition) is 1. The predicted octanol–water partition coefficient (Wildman–Crippen LogP) is 2.70. The SMILES string of the molecule is Cn1cc(Br)cc(Nc2ccc(C(F)(F)F)nn2)c1=O. The van der Waals surface area contributed by atoms with Crippen molar-refractivity contribution in [3.63, 3.8) is 0 Å². The molecule has 20 heavy (non-hydrogen) atoms. The largest absolute Gasteiger partial charge is 0.435 e. The average molecular weight is 349 g/mol. The van der Waals surface area contributed by atoms with Crippen LogP contribution in [0.15, 0.2) is 33.7 Å². The zero-order valence-electron chi connectivity index (χ0n) is 10.1. The fraction of sp³-hybridized carbons (Fsp3) is 0.182. The van der Waals surface area contributed by atoms with Gasteiger partial charge < -0.3 is 9.88 Å². The molecule has 2 aromatic rings. The highest BCUT2D eigenvalue weighted by Crippen LogP contribution is 2.27. The molecule has 0 fully saturated rings. The fourth-order valence-electron chi connectivity index (χ4n) is 1.45. The summed E-state index contributed by atoms with van der Waals surface area (Å²) in [5.74, 6) is 0.0493. The van der Waals surface area contributed by atoms with Gasteiger partial charge in [-0.05, 0) is 34.1 Å². The quantitative estimate of drug-likeness (QED) is 0.906. The number of nitrogens with zero attached hydrogens (tertiary/aromatic N) is 3. The summed E-state index contributed by atoms with van der Waals surface area (Å²) in [6.45, 7) is 0. The van der Waals surface area contributed by atoms with Gasteiger partial charge in [0.15, 0.2) is 11.5 Å². The maximum atomic E-state index is 12.3. The van der Waals surface area contributed by atoms with Crippen molar-refractivity contribution in [2.75, 3.05) is 5.32 Å². The van der Waals surface area contributed by atoms with Gasteiger partial charge in [-0.2, -0.15) is 13.2 Å². The first-order valence-corrected chi connectivity index (χ1v) is 6.11. The Bertz CT molecular complexity index is 682. The molecule has 5 nitrogen and oxygen atoms in total. The van der Waals surface area contributed by atoms with E-state index in [-0.39, 0.29) is 17.1 Å². The highest BCUT2D eigenvalue weighted by Gasteiger charge is 2.32. The van der Waals surface area contributed by atoms with E-state index in [4.69, 9.17) is 0 Å². The van der Waals surface area contributed by atoms with E-state index in [0.29, 0.717) is 4.47 Å². The molecular formula is C11H8BrF3N4O. The molecular weight excluding hydrogens is 341 g/mol. The highest BCUT2D eigenvalue weighted by atomic mass is 79.9. The van der Waals surface area contributed by atoms with Gasteiger partial charge in [0.25, 0.3) is 5.56 Å². The molecule has 0 aliphatic heterocycles. The monoisotopic (exact) mass is 348 g/mol. The second-order valence-corrected chi connectivity index (χ2v) is 4.83. The Balaban J connectivity index is 2.29. The Kier molecular flexibility index (Phi) is 3.80. The Morgan fingerprint density at radius 2 is 2.00 bits per heavy atom. The third-order valence-corrected chi connectivity index (χ3v) is 2.80. The van der Waals surface area contributed by atoms with Crippen LogP contribution in [0.4, 0.5) is 24.7 Å². The number of anilines is 2. The molecule has 0 amide bonds. The Morgan fingerprint density at radius 1 is 1.30 bits per heavy atom. The lowest BCUT2D eigenvalue weighted by Crippen LogP contribution is -2.19. The van der Waals surface area contributed by atoms with Gasteiger partial charge in [0.1, 0.15) is 5.69 Å². The number of aryl methyl sites for hydroxylation is 1. The van der Waals surface area contributed by atoms with Crippen LogP contribution in [0.3, 0.4) is 0 Å². The number of nitrogens with one attached hydrogen (secondary N) is 1. The molecule has 0 aliphatic carbocycles. The van der Waals surface area contributed by atoms with Gasteiger partial charge in [-0.3, -0.25) is 4.79 Å². The van der Waals surface area contributed by atoms with Gasteiger partial charge in [-0.15, -0.1) is 10.2 Å². The molecule has 0 spiro atoms. The molecule has 2 rings (SSSR count). The summed E-state index contributed by atoms with van der Waals surface area (Å²) in [4.78, 5) is 11.8. The third kappa shape index (κ3) is 3.16. The number of rotatable bonds is 2. The molecule has 106 valence electrons. The number of hydrogen-bond acceptors (Lipinski definition) is 4. The first kappa shape index (κ1) is 14.5. The van der Waals surface area contributed by atoms with E-state index < -0.39 is 11.9 Å². The molecule has 0 radical (unpaired) electrons. The minimum absolute atomic E-state index is 0.0493. The minimum Gasteiger partial charge on any atom is -0.334 e. The van der Waals surface area contributed by atoms with Gasteiger partial charge in [0.2, 0.25) is 0 Å². The minimum atomic E-state index is -4.54. The van der Waals surface area contributed by atoms with Crippen molar-refractivity contribution in [1.82, 2.24) is 14.8 Å². The molecule has 0 unspecified atom stereocenters. The number of aromatic nitrogens is 3. The Morgan fingerprint density at radius 3 is 2.55 bits per heavy atom. The van der Waals surface area contributed by atoms with Crippen LogP contribution < -0.4 is 10.9 Å². The van der Waals surface area contributed by atoms with Gasteiger partial charge in [-0.25, -0.2) is 0 Å². The van der Waals surface area contributed by atoms with E-state index in [0.717, 1.165) is 12.1 Å². The normalized spacial score (nSPS) is 11.4. The number of alkyl halides is 3. The van der Waals surface area contributed by atoms with Crippen LogP contribution >= 0.6 is 15.9 Å². The molecule has 2 heterocycles. The van der Waals surface area contributed by atoms with Crippen LogP contribution in [0.25, 0.3) is 0 Å². The molecule has 0 saturated carbocycles. The molecule has 0 aliphatic rings. The summed E-state index contributed by atoms with van der Waals surface area (Å²) >= 11 is 3.21. The fourth-order valence-corrected chi connectivity index (χ4v) is 1.98. The maximum absolute atomic E-state index is 12.3. The lowest BCUT2D eigenvalue weighted by molar-refractivity contribution is -0.141. The van der Waals surface area contributed by atoms with E-state index in [1.807, 2.05) is 0 Å². The summed E-state index contributed by atoms with van der Waals surface area (Å²) in [7, 11) is 1.55. The Labute approximate surface area is 119 Å². The summed E-state index contributed by atoms with van der Waals surface area (Å²) in [5.41, 5.74) is -1.25. The van der Waals surface area contributed by atoms with Crippen LogP contribution in [0.1, 0.15) is 5.69 Å². The van der Waals surface area contributed by atoms with Gasteiger partial charge in [0.05, 0.1) is 0 Å². The molecule has 0 atom stereocenters. The standard InChI is InChI=1S/C11H8BrF3N4O/c1-19-5-6(12)4-7(10(19)20)16-9-3-2-8(17-18-9)11(13,14)15/h2-5H,1H3,(H,16,18). The zero-order chi connectivity index (χ0) is 14.9. The second kappa shape index (κ2) is 5.23. The molecule has 0 aromatic carbocycles. The lowest BCUT2D eigenvalue weighted by Gasteiger charge is -2.08.